The summed E-state index contributed by atoms with van der Waals surface area (Å²) in [4.78, 5) is 5.10. The van der Waals surface area contributed by atoms with Crippen LogP contribution in [0.5, 0.6) is 0 Å². The minimum atomic E-state index is 0.105. The minimum absolute atomic E-state index is 0.105. The zero-order valence-corrected chi connectivity index (χ0v) is 15.5. The number of likely N-dealkylation sites (tertiary alicyclic amines) is 2. The van der Waals surface area contributed by atoms with Crippen LogP contribution in [0.4, 0.5) is 11.4 Å². The van der Waals surface area contributed by atoms with Gasteiger partial charge in [-0.25, -0.2) is 0 Å². The molecule has 4 nitrogen and oxygen atoms in total. The molecule has 0 radical (unpaired) electrons. The van der Waals surface area contributed by atoms with E-state index in [1.807, 2.05) is 0 Å². The Hall–Kier alpha value is -2.04. The molecule has 6 rings (SSSR count). The summed E-state index contributed by atoms with van der Waals surface area (Å²) in [6.07, 6.45) is 3.10. The van der Waals surface area contributed by atoms with Crippen LogP contribution >= 0.6 is 0 Å². The topological polar surface area (TPSA) is 30.5 Å². The molecular formula is C22H26N4. The Bertz CT molecular complexity index is 822. The highest BCUT2D eigenvalue weighted by Crippen LogP contribution is 2.65. The van der Waals surface area contributed by atoms with Gasteiger partial charge in [-0.1, -0.05) is 36.4 Å². The van der Waals surface area contributed by atoms with Crippen molar-refractivity contribution in [2.75, 3.05) is 37.8 Å². The number of rotatable bonds is 0. The van der Waals surface area contributed by atoms with E-state index in [-0.39, 0.29) is 10.8 Å². The van der Waals surface area contributed by atoms with Gasteiger partial charge in [0.25, 0.3) is 0 Å². The van der Waals surface area contributed by atoms with E-state index in [1.54, 1.807) is 0 Å². The van der Waals surface area contributed by atoms with Crippen molar-refractivity contribution < 1.29 is 0 Å². The van der Waals surface area contributed by atoms with Crippen LogP contribution in [0.2, 0.25) is 0 Å². The molecular weight excluding hydrogens is 320 g/mol. The number of piperidine rings is 2. The van der Waals surface area contributed by atoms with Gasteiger partial charge in [-0.15, -0.1) is 0 Å². The van der Waals surface area contributed by atoms with Crippen LogP contribution in [-0.4, -0.2) is 49.3 Å². The summed E-state index contributed by atoms with van der Waals surface area (Å²) >= 11 is 0. The van der Waals surface area contributed by atoms with Crippen molar-refractivity contribution in [2.45, 2.75) is 36.0 Å². The molecule has 2 aromatic carbocycles. The predicted molar refractivity (Wildman–Crippen MR) is 106 cm³/mol. The Balaban J connectivity index is 1.69. The van der Waals surface area contributed by atoms with E-state index in [0.717, 1.165) is 13.1 Å². The fourth-order valence-corrected chi connectivity index (χ4v) is 6.73. The molecule has 26 heavy (non-hydrogen) atoms. The second-order valence-electron chi connectivity index (χ2n) is 8.59. The van der Waals surface area contributed by atoms with E-state index in [0.29, 0.717) is 12.3 Å². The van der Waals surface area contributed by atoms with Gasteiger partial charge < -0.3 is 10.6 Å². The average molecular weight is 346 g/mol. The van der Waals surface area contributed by atoms with Gasteiger partial charge in [-0.3, -0.25) is 9.80 Å². The second-order valence-corrected chi connectivity index (χ2v) is 8.59. The van der Waals surface area contributed by atoms with Gasteiger partial charge in [0, 0.05) is 35.3 Å². The summed E-state index contributed by atoms with van der Waals surface area (Å²) in [5, 5.41) is 7.82. The molecule has 4 aliphatic heterocycles. The van der Waals surface area contributed by atoms with Crippen molar-refractivity contribution in [3.8, 4) is 0 Å². The highest BCUT2D eigenvalue weighted by atomic mass is 15.4. The largest absolute Gasteiger partial charge is 0.369 e. The zero-order chi connectivity index (χ0) is 17.5. The predicted octanol–water partition coefficient (Wildman–Crippen LogP) is 3.04. The van der Waals surface area contributed by atoms with E-state index in [4.69, 9.17) is 0 Å². The monoisotopic (exact) mass is 346 g/mol. The quantitative estimate of drug-likeness (QED) is 0.768. The van der Waals surface area contributed by atoms with Gasteiger partial charge in [-0.05, 0) is 50.2 Å². The van der Waals surface area contributed by atoms with Gasteiger partial charge in [-0.2, -0.15) is 0 Å². The third-order valence-electron chi connectivity index (χ3n) is 7.73. The third kappa shape index (κ3) is 1.47. The van der Waals surface area contributed by atoms with Crippen molar-refractivity contribution in [3.63, 3.8) is 0 Å². The first-order chi connectivity index (χ1) is 12.7. The van der Waals surface area contributed by atoms with Crippen LogP contribution in [0, 0.1) is 0 Å². The number of likely N-dealkylation sites (N-methyl/N-ethyl adjacent to an activating group) is 2. The first-order valence-corrected chi connectivity index (χ1v) is 9.81. The van der Waals surface area contributed by atoms with Gasteiger partial charge in [0.05, 0.1) is 12.3 Å². The first kappa shape index (κ1) is 15.1. The van der Waals surface area contributed by atoms with Crippen molar-refractivity contribution in [1.82, 2.24) is 9.80 Å². The lowest BCUT2D eigenvalue weighted by Gasteiger charge is -2.62. The highest BCUT2D eigenvalue weighted by molar-refractivity contribution is 5.72. The number of hydrogen-bond donors (Lipinski definition) is 2. The summed E-state index contributed by atoms with van der Waals surface area (Å²) in [7, 11) is 4.58. The molecule has 0 bridgehead atoms. The molecule has 4 unspecified atom stereocenters. The lowest BCUT2D eigenvalue weighted by atomic mass is 9.49. The van der Waals surface area contributed by atoms with Crippen molar-refractivity contribution >= 4 is 11.4 Å². The summed E-state index contributed by atoms with van der Waals surface area (Å²) in [6, 6.07) is 18.1. The molecule has 4 aliphatic rings. The summed E-state index contributed by atoms with van der Waals surface area (Å²) in [6.45, 7) is 2.24. The van der Waals surface area contributed by atoms with Crippen LogP contribution < -0.4 is 10.6 Å². The lowest BCUT2D eigenvalue weighted by Crippen LogP contribution is -2.74. The summed E-state index contributed by atoms with van der Waals surface area (Å²) in [5.41, 5.74) is 5.92. The molecule has 2 fully saturated rings. The Morgan fingerprint density at radius 2 is 1.15 bits per heavy atom. The summed E-state index contributed by atoms with van der Waals surface area (Å²) < 4.78 is 0. The maximum Gasteiger partial charge on any atom is 0.0901 e. The lowest BCUT2D eigenvalue weighted by molar-refractivity contribution is -0.0462. The second kappa shape index (κ2) is 4.81. The number of nitrogens with zero attached hydrogens (tertiary/aromatic N) is 2. The molecule has 4 heterocycles. The van der Waals surface area contributed by atoms with Crippen LogP contribution in [0.1, 0.15) is 24.0 Å². The van der Waals surface area contributed by atoms with E-state index in [1.165, 1.54) is 35.3 Å². The standard InChI is InChI=1S/C22H26N4/c1-25-13-11-22-16-8-4-6-10-18(16)24-20(22)26(2)14-12-21(22)15-7-3-5-9-17(15)23-19(21)25/h3-10,19-20,23-24H,11-14H2,1-2H3. The van der Waals surface area contributed by atoms with Crippen LogP contribution in [0.25, 0.3) is 0 Å². The molecule has 2 spiro atoms. The average Bonchev–Trinajstić information content (AvgIpc) is 3.19. The molecule has 134 valence electrons. The van der Waals surface area contributed by atoms with Crippen molar-refractivity contribution in [1.29, 1.82) is 0 Å². The Morgan fingerprint density at radius 3 is 1.62 bits per heavy atom. The van der Waals surface area contributed by atoms with Crippen molar-refractivity contribution in [3.05, 3.63) is 59.7 Å². The maximum absolute atomic E-state index is 3.91. The third-order valence-corrected chi connectivity index (χ3v) is 7.73. The number of nitrogens with one attached hydrogen (secondary N) is 2. The minimum Gasteiger partial charge on any atom is -0.369 e. The van der Waals surface area contributed by atoms with Gasteiger partial charge in [0.2, 0.25) is 0 Å². The van der Waals surface area contributed by atoms with E-state index in [2.05, 4.69) is 83.1 Å². The fraction of sp³-hybridized carbons (Fsp3) is 0.455. The van der Waals surface area contributed by atoms with E-state index < -0.39 is 0 Å². The molecule has 0 aromatic heterocycles. The molecule has 0 amide bonds. The number of fused-ring (bicyclic) bond motifs is 2. The number of benzene rings is 2. The van der Waals surface area contributed by atoms with Gasteiger partial charge in [0.15, 0.2) is 0 Å². The molecule has 2 aromatic rings. The van der Waals surface area contributed by atoms with Crippen LogP contribution in [0.15, 0.2) is 48.5 Å². The van der Waals surface area contributed by atoms with Crippen LogP contribution in [0.3, 0.4) is 0 Å². The normalized spacial score (nSPS) is 37.6. The molecule has 0 saturated carbocycles. The zero-order valence-electron chi connectivity index (χ0n) is 15.5. The SMILES string of the molecule is CN1CCC23c4ccccc4NC2N(C)CCC32c3ccccc3NC12. The van der Waals surface area contributed by atoms with E-state index in [9.17, 15) is 0 Å². The van der Waals surface area contributed by atoms with Gasteiger partial charge >= 0.3 is 0 Å². The summed E-state index contributed by atoms with van der Waals surface area (Å²) in [5.74, 6) is 0. The van der Waals surface area contributed by atoms with E-state index >= 15 is 0 Å². The van der Waals surface area contributed by atoms with Gasteiger partial charge in [0.1, 0.15) is 0 Å². The first-order valence-electron chi connectivity index (χ1n) is 9.81. The number of hydrogen-bond acceptors (Lipinski definition) is 4. The molecule has 2 saturated heterocycles. The van der Waals surface area contributed by atoms with Crippen molar-refractivity contribution in [2.24, 2.45) is 0 Å². The maximum atomic E-state index is 3.91. The number of anilines is 2. The Kier molecular flexibility index (Phi) is 2.79. The number of para-hydroxylation sites is 2. The van der Waals surface area contributed by atoms with Crippen LogP contribution in [-0.2, 0) is 10.8 Å². The smallest absolute Gasteiger partial charge is 0.0901 e. The molecule has 4 heteroatoms. The Morgan fingerprint density at radius 1 is 0.731 bits per heavy atom. The molecule has 4 atom stereocenters. The highest BCUT2D eigenvalue weighted by Gasteiger charge is 2.70. The molecule has 2 N–H and O–H groups in total. The Labute approximate surface area is 155 Å². The molecule has 0 aliphatic carbocycles. The fourth-order valence-electron chi connectivity index (χ4n) is 6.73.